The lowest BCUT2D eigenvalue weighted by Crippen LogP contribution is -2.40. The average molecular weight is 464 g/mol. The van der Waals surface area contributed by atoms with Gasteiger partial charge in [-0.25, -0.2) is 0 Å². The molecule has 0 spiro atoms. The Morgan fingerprint density at radius 2 is 2.11 bits per heavy atom. The first kappa shape index (κ1) is 20.3. The van der Waals surface area contributed by atoms with Crippen LogP contribution in [0.2, 0.25) is 5.02 Å². The molecule has 28 heavy (non-hydrogen) atoms. The summed E-state index contributed by atoms with van der Waals surface area (Å²) in [6, 6.07) is 9.30. The molecule has 1 saturated heterocycles. The highest BCUT2D eigenvalue weighted by Crippen LogP contribution is 2.43. The lowest BCUT2D eigenvalue weighted by atomic mass is 9.74. The van der Waals surface area contributed by atoms with E-state index in [4.69, 9.17) is 21.3 Å². The Labute approximate surface area is 181 Å². The molecular weight excluding hydrogens is 436 g/mol. The highest BCUT2D eigenvalue weighted by atomic mass is 79.9. The minimum Gasteiger partial charge on any atom is -0.385 e. The first-order valence-corrected chi connectivity index (χ1v) is 11.5. The summed E-state index contributed by atoms with van der Waals surface area (Å²) in [4.78, 5) is 4.94. The van der Waals surface area contributed by atoms with Crippen LogP contribution in [0.4, 0.5) is 0 Å². The molecule has 2 unspecified atom stereocenters. The van der Waals surface area contributed by atoms with E-state index in [1.807, 2.05) is 12.3 Å². The second kappa shape index (κ2) is 9.25. The number of nitrogens with one attached hydrogen (secondary N) is 1. The van der Waals surface area contributed by atoms with Crippen LogP contribution in [0, 0.1) is 5.92 Å². The smallest absolute Gasteiger partial charge is 0.0514 e. The zero-order chi connectivity index (χ0) is 19.5. The molecule has 3 atom stereocenters. The Hall–Kier alpha value is -0.940. The lowest BCUT2D eigenvalue weighted by Gasteiger charge is -2.36. The van der Waals surface area contributed by atoms with Crippen molar-refractivity contribution in [2.45, 2.75) is 50.5 Å². The van der Waals surface area contributed by atoms with Crippen LogP contribution in [0.5, 0.6) is 0 Å². The van der Waals surface area contributed by atoms with Crippen LogP contribution in [0.1, 0.15) is 54.0 Å². The summed E-state index contributed by atoms with van der Waals surface area (Å²) < 4.78 is 6.32. The molecule has 1 aromatic carbocycles. The number of methoxy groups -OCH3 is 1. The Balaban J connectivity index is 1.68. The molecule has 150 valence electrons. The first-order chi connectivity index (χ1) is 13.7. The molecule has 0 radical (unpaired) electrons. The van der Waals surface area contributed by atoms with Crippen LogP contribution in [-0.2, 0) is 17.6 Å². The monoisotopic (exact) mass is 462 g/mol. The van der Waals surface area contributed by atoms with Crippen molar-refractivity contribution in [1.82, 2.24) is 10.3 Å². The van der Waals surface area contributed by atoms with Crippen molar-refractivity contribution in [3.63, 3.8) is 0 Å². The molecule has 1 aromatic heterocycles. The van der Waals surface area contributed by atoms with Crippen molar-refractivity contribution in [2.24, 2.45) is 5.92 Å². The number of fused-ring (bicyclic) bond motifs is 2. The van der Waals surface area contributed by atoms with E-state index in [2.05, 4.69) is 39.4 Å². The van der Waals surface area contributed by atoms with E-state index < -0.39 is 0 Å². The van der Waals surface area contributed by atoms with Crippen LogP contribution in [0.3, 0.4) is 0 Å². The number of ether oxygens (including phenoxy) is 1. The standard InChI is InChI=1S/C23H28BrClN2O/c1-28-10-2-3-20-13-16(8-9-26-20)22-21-7-6-19(25)12-15(21)4-5-17-11-18(24)14-27-23(17)22/h6-7,11-12,14,16,20,22,26H,2-5,8-10,13H2,1H3/t16?,20-,22?/m0/s1. The Morgan fingerprint density at radius 1 is 1.25 bits per heavy atom. The minimum atomic E-state index is 0.352. The van der Waals surface area contributed by atoms with Crippen LogP contribution < -0.4 is 5.32 Å². The van der Waals surface area contributed by atoms with Crippen molar-refractivity contribution in [2.75, 3.05) is 20.3 Å². The van der Waals surface area contributed by atoms with E-state index in [0.29, 0.717) is 17.9 Å². The quantitative estimate of drug-likeness (QED) is 0.593. The number of hydrogen-bond acceptors (Lipinski definition) is 3. The maximum Gasteiger partial charge on any atom is 0.0514 e. The van der Waals surface area contributed by atoms with E-state index in [1.165, 1.54) is 41.6 Å². The fraction of sp³-hybridized carbons (Fsp3) is 0.522. The van der Waals surface area contributed by atoms with Crippen LogP contribution in [-0.4, -0.2) is 31.3 Å². The Morgan fingerprint density at radius 3 is 2.96 bits per heavy atom. The number of aromatic nitrogens is 1. The SMILES string of the molecule is COCCC[C@H]1CC(C2c3ccc(Cl)cc3CCc3cc(Br)cnc32)CCN1. The third kappa shape index (κ3) is 4.46. The molecule has 0 amide bonds. The molecule has 2 aliphatic rings. The number of hydrogen-bond donors (Lipinski definition) is 1. The number of aryl methyl sites for hydroxylation is 2. The number of benzene rings is 1. The molecular formula is C23H28BrClN2O. The lowest BCUT2D eigenvalue weighted by molar-refractivity contribution is 0.181. The van der Waals surface area contributed by atoms with Gasteiger partial charge in [0.05, 0.1) is 5.69 Å². The summed E-state index contributed by atoms with van der Waals surface area (Å²) in [7, 11) is 1.78. The van der Waals surface area contributed by atoms with E-state index in [-0.39, 0.29) is 0 Å². The van der Waals surface area contributed by atoms with Gasteiger partial charge in [-0.2, -0.15) is 0 Å². The molecule has 2 aromatic rings. The minimum absolute atomic E-state index is 0.352. The van der Waals surface area contributed by atoms with E-state index in [0.717, 1.165) is 41.9 Å². The fourth-order valence-electron chi connectivity index (χ4n) is 5.00. The average Bonchev–Trinajstić information content (AvgIpc) is 2.85. The van der Waals surface area contributed by atoms with Gasteiger partial charge in [0.2, 0.25) is 0 Å². The highest BCUT2D eigenvalue weighted by molar-refractivity contribution is 9.10. The summed E-state index contributed by atoms with van der Waals surface area (Å²) in [5, 5.41) is 4.56. The van der Waals surface area contributed by atoms with Crippen LogP contribution in [0.15, 0.2) is 34.9 Å². The van der Waals surface area contributed by atoms with Crippen LogP contribution in [0.25, 0.3) is 0 Å². The van der Waals surface area contributed by atoms with Crippen LogP contribution >= 0.6 is 27.5 Å². The molecule has 1 aliphatic heterocycles. The zero-order valence-electron chi connectivity index (χ0n) is 16.4. The third-order valence-corrected chi connectivity index (χ3v) is 6.94. The number of pyridine rings is 1. The van der Waals surface area contributed by atoms with E-state index in [9.17, 15) is 0 Å². The van der Waals surface area contributed by atoms with Gasteiger partial charge in [-0.15, -0.1) is 0 Å². The van der Waals surface area contributed by atoms with E-state index >= 15 is 0 Å². The molecule has 1 N–H and O–H groups in total. The summed E-state index contributed by atoms with van der Waals surface area (Å²) in [6.07, 6.45) is 8.67. The molecule has 0 bridgehead atoms. The number of rotatable bonds is 5. The van der Waals surface area contributed by atoms with Crippen molar-refractivity contribution in [3.05, 3.63) is 62.3 Å². The predicted molar refractivity (Wildman–Crippen MR) is 118 cm³/mol. The van der Waals surface area contributed by atoms with Gasteiger partial charge in [-0.1, -0.05) is 17.7 Å². The maximum atomic E-state index is 6.35. The first-order valence-electron chi connectivity index (χ1n) is 10.3. The summed E-state index contributed by atoms with van der Waals surface area (Å²) in [5.74, 6) is 0.948. The number of piperidine rings is 1. The number of nitrogens with zero attached hydrogens (tertiary/aromatic N) is 1. The third-order valence-electron chi connectivity index (χ3n) is 6.27. The molecule has 0 saturated carbocycles. The fourth-order valence-corrected chi connectivity index (χ4v) is 5.57. The van der Waals surface area contributed by atoms with Crippen molar-refractivity contribution in [3.8, 4) is 0 Å². The molecule has 3 nitrogen and oxygen atoms in total. The Kier molecular flexibility index (Phi) is 6.72. The summed E-state index contributed by atoms with van der Waals surface area (Å²) in [6.45, 7) is 1.92. The maximum absolute atomic E-state index is 6.35. The van der Waals surface area contributed by atoms with Gasteiger partial charge in [-0.3, -0.25) is 4.98 Å². The molecule has 5 heteroatoms. The summed E-state index contributed by atoms with van der Waals surface area (Å²) in [5.41, 5.74) is 5.47. The second-order valence-electron chi connectivity index (χ2n) is 8.09. The number of halogens is 2. The largest absolute Gasteiger partial charge is 0.385 e. The second-order valence-corrected chi connectivity index (χ2v) is 9.44. The van der Waals surface area contributed by atoms with Crippen molar-refractivity contribution >= 4 is 27.5 Å². The van der Waals surface area contributed by atoms with Gasteiger partial charge in [0.1, 0.15) is 0 Å². The van der Waals surface area contributed by atoms with Gasteiger partial charge in [0.15, 0.2) is 0 Å². The van der Waals surface area contributed by atoms with Gasteiger partial charge < -0.3 is 10.1 Å². The van der Waals surface area contributed by atoms with E-state index in [1.54, 1.807) is 7.11 Å². The topological polar surface area (TPSA) is 34.1 Å². The van der Waals surface area contributed by atoms with Crippen molar-refractivity contribution in [1.29, 1.82) is 0 Å². The highest BCUT2D eigenvalue weighted by Gasteiger charge is 2.34. The van der Waals surface area contributed by atoms with Gasteiger partial charge in [0.25, 0.3) is 0 Å². The summed E-state index contributed by atoms with van der Waals surface area (Å²) >= 11 is 9.97. The molecule has 1 fully saturated rings. The molecule has 1 aliphatic carbocycles. The molecule has 2 heterocycles. The Bertz CT molecular complexity index is 775. The van der Waals surface area contributed by atoms with Crippen molar-refractivity contribution < 1.29 is 4.74 Å². The van der Waals surface area contributed by atoms with Gasteiger partial charge in [-0.05, 0) is 102 Å². The molecule has 4 rings (SSSR count). The predicted octanol–water partition coefficient (Wildman–Crippen LogP) is 5.52. The van der Waals surface area contributed by atoms with Gasteiger partial charge >= 0.3 is 0 Å². The normalized spacial score (nSPS) is 24.3. The van der Waals surface area contributed by atoms with Gasteiger partial charge in [0, 0.05) is 41.4 Å². The zero-order valence-corrected chi connectivity index (χ0v) is 18.7.